The Bertz CT molecular complexity index is 1060. The van der Waals surface area contributed by atoms with Gasteiger partial charge in [-0.15, -0.1) is 0 Å². The van der Waals surface area contributed by atoms with Crippen molar-refractivity contribution in [1.29, 1.82) is 5.41 Å². The van der Waals surface area contributed by atoms with Crippen LogP contribution < -0.4 is 21.1 Å². The summed E-state index contributed by atoms with van der Waals surface area (Å²) < 4.78 is 1.84. The summed E-state index contributed by atoms with van der Waals surface area (Å²) in [5.41, 5.74) is 1.14. The molecule has 0 spiro atoms. The Labute approximate surface area is 162 Å². The Balaban J connectivity index is 1.72. The van der Waals surface area contributed by atoms with E-state index in [2.05, 4.69) is 10.6 Å². The molecule has 7 heteroatoms. The van der Waals surface area contributed by atoms with Gasteiger partial charge in [0.15, 0.2) is 0 Å². The van der Waals surface area contributed by atoms with Gasteiger partial charge in [-0.2, -0.15) is 0 Å². The molecule has 7 nitrogen and oxygen atoms in total. The Kier molecular flexibility index (Phi) is 4.83. The fraction of sp³-hybridized carbons (Fsp3) is 0.286. The molecular weight excluding hydrogens is 354 g/mol. The zero-order valence-corrected chi connectivity index (χ0v) is 15.7. The van der Waals surface area contributed by atoms with Crippen molar-refractivity contribution in [3.05, 3.63) is 64.9 Å². The fourth-order valence-corrected chi connectivity index (χ4v) is 3.81. The third-order valence-electron chi connectivity index (χ3n) is 5.31. The number of fused-ring (bicyclic) bond motifs is 1. The number of nitrogens with one attached hydrogen (secondary N) is 3. The predicted octanol–water partition coefficient (Wildman–Crippen LogP) is 1.91. The van der Waals surface area contributed by atoms with Gasteiger partial charge in [0.2, 0.25) is 0 Å². The van der Waals surface area contributed by atoms with Crippen molar-refractivity contribution in [1.82, 2.24) is 15.2 Å². The summed E-state index contributed by atoms with van der Waals surface area (Å²) in [5.74, 6) is -0.274. The van der Waals surface area contributed by atoms with Gasteiger partial charge in [0.25, 0.3) is 11.5 Å². The molecule has 0 radical (unpaired) electrons. The zero-order valence-electron chi connectivity index (χ0n) is 15.7. The van der Waals surface area contributed by atoms with E-state index in [9.17, 15) is 9.59 Å². The molecule has 1 saturated heterocycles. The molecule has 1 aromatic heterocycles. The number of benzene rings is 1. The van der Waals surface area contributed by atoms with E-state index in [1.165, 1.54) is 11.1 Å². The maximum Gasteiger partial charge on any atom is 0.265 e. The lowest BCUT2D eigenvalue weighted by Gasteiger charge is -2.26. The van der Waals surface area contributed by atoms with Crippen LogP contribution in [0, 0.1) is 5.41 Å². The van der Waals surface area contributed by atoms with Crippen LogP contribution in [0.25, 0.3) is 10.8 Å². The highest BCUT2D eigenvalue weighted by Crippen LogP contribution is 2.25. The molecule has 0 bridgehead atoms. The highest BCUT2D eigenvalue weighted by Gasteiger charge is 2.25. The van der Waals surface area contributed by atoms with Crippen LogP contribution in [0.5, 0.6) is 0 Å². The Morgan fingerprint density at radius 1 is 1.21 bits per heavy atom. The van der Waals surface area contributed by atoms with Crippen molar-refractivity contribution in [2.24, 2.45) is 0 Å². The van der Waals surface area contributed by atoms with E-state index >= 15 is 0 Å². The molecule has 0 unspecified atom stereocenters. The second-order valence-corrected chi connectivity index (χ2v) is 7.03. The maximum atomic E-state index is 13.0. The van der Waals surface area contributed by atoms with E-state index in [0.717, 1.165) is 31.3 Å². The summed E-state index contributed by atoms with van der Waals surface area (Å²) >= 11 is 0. The highest BCUT2D eigenvalue weighted by molar-refractivity contribution is 6.31. The number of allylic oxidation sites excluding steroid dienone is 1. The molecule has 3 heterocycles. The minimum absolute atomic E-state index is 0.00834. The van der Waals surface area contributed by atoms with Crippen LogP contribution in [0.4, 0.5) is 5.69 Å². The van der Waals surface area contributed by atoms with E-state index in [1.807, 2.05) is 22.9 Å². The average Bonchev–Trinajstić information content (AvgIpc) is 2.72. The molecule has 0 saturated carbocycles. The Hall–Kier alpha value is -3.19. The summed E-state index contributed by atoms with van der Waals surface area (Å²) in [4.78, 5) is 27.2. The molecule has 28 heavy (non-hydrogen) atoms. The van der Waals surface area contributed by atoms with Gasteiger partial charge in [-0.1, -0.05) is 0 Å². The van der Waals surface area contributed by atoms with E-state index in [4.69, 9.17) is 5.41 Å². The normalized spacial score (nSPS) is 19.6. The standard InChI is InChI=1S/C21H23N5O2/c1-23-13-18-19(22)7-11-26(21(18)28)16-2-3-17-14(12-16)6-10-25(20(17)27)15-4-8-24-9-5-15/h2-3,6-7,10-13,15,22-24H,4-5,8-9H2,1H3/b18-13+,22-19?. The minimum atomic E-state index is -0.274. The number of amides is 1. The van der Waals surface area contributed by atoms with Gasteiger partial charge in [0, 0.05) is 42.8 Å². The molecule has 1 amide bonds. The van der Waals surface area contributed by atoms with Crippen molar-refractivity contribution in [3.63, 3.8) is 0 Å². The van der Waals surface area contributed by atoms with Gasteiger partial charge in [-0.25, -0.2) is 0 Å². The number of pyridine rings is 1. The van der Waals surface area contributed by atoms with Crippen LogP contribution in [0.3, 0.4) is 0 Å². The third kappa shape index (κ3) is 3.14. The molecule has 144 valence electrons. The second kappa shape index (κ2) is 7.44. The fourth-order valence-electron chi connectivity index (χ4n) is 3.81. The lowest BCUT2D eigenvalue weighted by atomic mass is 10.0. The first-order valence-electron chi connectivity index (χ1n) is 9.44. The van der Waals surface area contributed by atoms with Crippen LogP contribution in [0.15, 0.2) is 59.3 Å². The predicted molar refractivity (Wildman–Crippen MR) is 111 cm³/mol. The quantitative estimate of drug-likeness (QED) is 0.713. The molecule has 1 fully saturated rings. The lowest BCUT2D eigenvalue weighted by molar-refractivity contribution is -0.114. The monoisotopic (exact) mass is 377 g/mol. The number of aromatic nitrogens is 1. The van der Waals surface area contributed by atoms with E-state index < -0.39 is 0 Å². The Morgan fingerprint density at radius 3 is 2.75 bits per heavy atom. The summed E-state index contributed by atoms with van der Waals surface area (Å²) in [6.45, 7) is 1.85. The van der Waals surface area contributed by atoms with Crippen LogP contribution >= 0.6 is 0 Å². The van der Waals surface area contributed by atoms with Crippen molar-refractivity contribution in [2.75, 3.05) is 25.0 Å². The summed E-state index contributed by atoms with van der Waals surface area (Å²) in [6, 6.07) is 7.58. The third-order valence-corrected chi connectivity index (χ3v) is 5.31. The molecule has 1 aromatic carbocycles. The van der Waals surface area contributed by atoms with Crippen LogP contribution in [-0.4, -0.2) is 36.3 Å². The van der Waals surface area contributed by atoms with Gasteiger partial charge < -0.3 is 15.2 Å². The van der Waals surface area contributed by atoms with Gasteiger partial charge in [-0.3, -0.25) is 19.9 Å². The Morgan fingerprint density at radius 2 is 2.00 bits per heavy atom. The number of anilines is 1. The van der Waals surface area contributed by atoms with Gasteiger partial charge >= 0.3 is 0 Å². The van der Waals surface area contributed by atoms with Crippen molar-refractivity contribution in [3.8, 4) is 0 Å². The summed E-state index contributed by atoms with van der Waals surface area (Å²) in [5, 5.41) is 15.5. The van der Waals surface area contributed by atoms with E-state index in [0.29, 0.717) is 16.6 Å². The van der Waals surface area contributed by atoms with Gasteiger partial charge in [0.05, 0.1) is 11.3 Å². The highest BCUT2D eigenvalue weighted by atomic mass is 16.2. The molecule has 2 aliphatic heterocycles. The topological polar surface area (TPSA) is 90.2 Å². The first-order chi connectivity index (χ1) is 13.6. The van der Waals surface area contributed by atoms with Crippen LogP contribution in [-0.2, 0) is 4.79 Å². The van der Waals surface area contributed by atoms with Crippen LogP contribution in [0.2, 0.25) is 0 Å². The molecular formula is C21H23N5O2. The summed E-state index contributed by atoms with van der Waals surface area (Å²) in [6.07, 6.45) is 8.46. The number of carbonyl (C=O) groups excluding carboxylic acids is 1. The first kappa shape index (κ1) is 18.2. The maximum absolute atomic E-state index is 13.0. The number of rotatable bonds is 3. The van der Waals surface area contributed by atoms with Crippen molar-refractivity contribution < 1.29 is 4.79 Å². The average molecular weight is 377 g/mol. The first-order valence-corrected chi connectivity index (χ1v) is 9.44. The van der Waals surface area contributed by atoms with E-state index in [-0.39, 0.29) is 23.2 Å². The molecule has 2 aromatic rings. The molecule has 2 aliphatic rings. The van der Waals surface area contributed by atoms with Crippen LogP contribution in [0.1, 0.15) is 18.9 Å². The number of nitrogens with zero attached hydrogens (tertiary/aromatic N) is 2. The number of hydrogen-bond donors (Lipinski definition) is 3. The van der Waals surface area contributed by atoms with E-state index in [1.54, 1.807) is 31.5 Å². The molecule has 3 N–H and O–H groups in total. The van der Waals surface area contributed by atoms with Crippen molar-refractivity contribution >= 4 is 28.1 Å². The SMILES string of the molecule is CN/C=C1\C(=N)C=CN(c2ccc3c(=O)n(C4CCNCC4)ccc3c2)C1=O. The lowest BCUT2D eigenvalue weighted by Crippen LogP contribution is -2.34. The molecule has 0 atom stereocenters. The second-order valence-electron chi connectivity index (χ2n) is 7.03. The van der Waals surface area contributed by atoms with Gasteiger partial charge in [0.1, 0.15) is 0 Å². The number of piperidine rings is 1. The smallest absolute Gasteiger partial charge is 0.265 e. The largest absolute Gasteiger partial charge is 0.393 e. The number of carbonyl (C=O) groups is 1. The minimum Gasteiger partial charge on any atom is -0.393 e. The molecule has 4 rings (SSSR count). The zero-order chi connectivity index (χ0) is 19.7. The number of hydrogen-bond acceptors (Lipinski definition) is 5. The summed E-state index contributed by atoms with van der Waals surface area (Å²) in [7, 11) is 1.69. The molecule has 0 aliphatic carbocycles. The van der Waals surface area contributed by atoms with Gasteiger partial charge in [-0.05, 0) is 61.7 Å². The van der Waals surface area contributed by atoms with Crippen molar-refractivity contribution in [2.45, 2.75) is 18.9 Å².